The first kappa shape index (κ1) is 15.5. The van der Waals surface area contributed by atoms with Crippen molar-refractivity contribution in [3.63, 3.8) is 0 Å². The van der Waals surface area contributed by atoms with Crippen LogP contribution >= 0.6 is 11.6 Å². The molecule has 0 aliphatic carbocycles. The molecule has 0 atom stereocenters. The molecule has 0 saturated carbocycles. The van der Waals surface area contributed by atoms with Crippen LogP contribution in [0, 0.1) is 17.0 Å². The van der Waals surface area contributed by atoms with Crippen LogP contribution in [0.4, 0.5) is 17.2 Å². The highest BCUT2D eigenvalue weighted by atomic mass is 35.5. The van der Waals surface area contributed by atoms with Crippen LogP contribution in [0.25, 0.3) is 0 Å². The summed E-state index contributed by atoms with van der Waals surface area (Å²) in [5, 5.41) is 11.3. The molecule has 120 valence electrons. The summed E-state index contributed by atoms with van der Waals surface area (Å²) in [7, 11) is 0. The minimum Gasteiger partial charge on any atom is -0.367 e. The van der Waals surface area contributed by atoms with Gasteiger partial charge in [-0.2, -0.15) is 0 Å². The predicted molar refractivity (Wildman–Crippen MR) is 89.3 cm³/mol. The number of nitrogens with zero attached hydrogens (tertiary/aromatic N) is 5. The molecule has 23 heavy (non-hydrogen) atoms. The van der Waals surface area contributed by atoms with E-state index in [2.05, 4.69) is 19.8 Å². The number of piperazine rings is 1. The first-order valence-corrected chi connectivity index (χ1v) is 7.64. The third-order valence-corrected chi connectivity index (χ3v) is 4.21. The lowest BCUT2D eigenvalue weighted by molar-refractivity contribution is -0.384. The third kappa shape index (κ3) is 3.19. The number of aromatic nitrogens is 2. The Morgan fingerprint density at radius 2 is 1.87 bits per heavy atom. The molecule has 1 saturated heterocycles. The average Bonchev–Trinajstić information content (AvgIpc) is 2.55. The molecule has 1 aliphatic rings. The highest BCUT2D eigenvalue weighted by Crippen LogP contribution is 2.34. The first-order valence-electron chi connectivity index (χ1n) is 7.26. The lowest BCUT2D eigenvalue weighted by Crippen LogP contribution is -2.47. The maximum absolute atomic E-state index is 10.9. The Labute approximate surface area is 138 Å². The summed E-state index contributed by atoms with van der Waals surface area (Å²) in [6.45, 7) is 4.99. The molecule has 1 aromatic carbocycles. The van der Waals surface area contributed by atoms with E-state index < -0.39 is 4.92 Å². The summed E-state index contributed by atoms with van der Waals surface area (Å²) in [6, 6.07) is 2.98. The zero-order valence-corrected chi connectivity index (χ0v) is 13.4. The van der Waals surface area contributed by atoms with E-state index in [1.807, 2.05) is 6.92 Å². The Hall–Kier alpha value is -2.41. The van der Waals surface area contributed by atoms with Gasteiger partial charge in [-0.05, 0) is 12.5 Å². The fourth-order valence-electron chi connectivity index (χ4n) is 2.84. The molecule has 0 bridgehead atoms. The first-order chi connectivity index (χ1) is 11.1. The lowest BCUT2D eigenvalue weighted by atomic mass is 10.1. The molecule has 7 nitrogen and oxygen atoms in total. The highest BCUT2D eigenvalue weighted by Gasteiger charge is 2.23. The Bertz CT molecular complexity index is 694. The predicted octanol–water partition coefficient (Wildman–Crippen LogP) is 2.67. The number of non-ortho nitro benzene ring substituents is 1. The second kappa shape index (κ2) is 6.37. The quantitative estimate of drug-likeness (QED) is 0.635. The molecule has 1 aromatic heterocycles. The Morgan fingerprint density at radius 3 is 2.43 bits per heavy atom. The molecule has 1 fully saturated rings. The van der Waals surface area contributed by atoms with E-state index in [0.29, 0.717) is 5.02 Å². The number of anilines is 2. The Balaban J connectivity index is 1.76. The number of rotatable bonds is 3. The van der Waals surface area contributed by atoms with Crippen molar-refractivity contribution in [2.45, 2.75) is 6.92 Å². The number of nitro groups is 1. The van der Waals surface area contributed by atoms with Gasteiger partial charge >= 0.3 is 0 Å². The molecular formula is C15H16ClN5O2. The van der Waals surface area contributed by atoms with Gasteiger partial charge in [0.05, 0.1) is 21.8 Å². The summed E-state index contributed by atoms with van der Waals surface area (Å²) in [5.74, 6) is 0.860. The van der Waals surface area contributed by atoms with E-state index in [0.717, 1.165) is 43.2 Å². The summed E-state index contributed by atoms with van der Waals surface area (Å²) < 4.78 is 0. The summed E-state index contributed by atoms with van der Waals surface area (Å²) in [5.41, 5.74) is 1.71. The third-order valence-electron chi connectivity index (χ3n) is 3.92. The van der Waals surface area contributed by atoms with Gasteiger partial charge in [-0.1, -0.05) is 11.6 Å². The highest BCUT2D eigenvalue weighted by molar-refractivity contribution is 6.33. The van der Waals surface area contributed by atoms with Crippen LogP contribution in [-0.4, -0.2) is 41.1 Å². The van der Waals surface area contributed by atoms with Gasteiger partial charge in [-0.15, -0.1) is 0 Å². The zero-order chi connectivity index (χ0) is 16.4. The largest absolute Gasteiger partial charge is 0.367 e. The van der Waals surface area contributed by atoms with E-state index in [1.165, 1.54) is 6.07 Å². The summed E-state index contributed by atoms with van der Waals surface area (Å²) >= 11 is 6.28. The monoisotopic (exact) mass is 333 g/mol. The van der Waals surface area contributed by atoms with Gasteiger partial charge in [0.1, 0.15) is 5.82 Å². The van der Waals surface area contributed by atoms with Gasteiger partial charge in [-0.25, -0.2) is 4.98 Å². The molecule has 1 aliphatic heterocycles. The van der Waals surface area contributed by atoms with Crippen molar-refractivity contribution < 1.29 is 4.92 Å². The number of benzene rings is 1. The van der Waals surface area contributed by atoms with Gasteiger partial charge < -0.3 is 9.80 Å². The van der Waals surface area contributed by atoms with Crippen molar-refractivity contribution in [3.05, 3.63) is 51.4 Å². The van der Waals surface area contributed by atoms with Gasteiger partial charge in [0.15, 0.2) is 0 Å². The number of aryl methyl sites for hydroxylation is 1. The molecule has 2 heterocycles. The van der Waals surface area contributed by atoms with E-state index in [1.54, 1.807) is 24.7 Å². The van der Waals surface area contributed by atoms with Crippen molar-refractivity contribution in [2.75, 3.05) is 36.0 Å². The Kier molecular flexibility index (Phi) is 4.29. The normalized spacial score (nSPS) is 14.9. The molecule has 2 aromatic rings. The average molecular weight is 334 g/mol. The fourth-order valence-corrected chi connectivity index (χ4v) is 3.22. The smallest absolute Gasteiger partial charge is 0.271 e. The van der Waals surface area contributed by atoms with Gasteiger partial charge in [-0.3, -0.25) is 15.1 Å². The van der Waals surface area contributed by atoms with Crippen molar-refractivity contribution in [1.29, 1.82) is 0 Å². The summed E-state index contributed by atoms with van der Waals surface area (Å²) in [4.78, 5) is 23.2. The van der Waals surface area contributed by atoms with Crippen molar-refractivity contribution in [2.24, 2.45) is 0 Å². The van der Waals surface area contributed by atoms with E-state index in [9.17, 15) is 10.1 Å². The molecule has 0 amide bonds. The second-order valence-electron chi connectivity index (χ2n) is 5.39. The molecular weight excluding hydrogens is 318 g/mol. The fraction of sp³-hybridized carbons (Fsp3) is 0.333. The maximum Gasteiger partial charge on any atom is 0.271 e. The molecule has 8 heteroatoms. The minimum atomic E-state index is -0.422. The molecule has 3 rings (SSSR count). The van der Waals surface area contributed by atoms with Crippen LogP contribution < -0.4 is 9.80 Å². The van der Waals surface area contributed by atoms with Crippen LogP contribution in [0.5, 0.6) is 0 Å². The summed E-state index contributed by atoms with van der Waals surface area (Å²) in [6.07, 6.45) is 5.08. The molecule has 0 spiro atoms. The van der Waals surface area contributed by atoms with Crippen LogP contribution in [-0.2, 0) is 0 Å². The van der Waals surface area contributed by atoms with Crippen molar-refractivity contribution in [3.8, 4) is 0 Å². The number of hydrogen-bond acceptors (Lipinski definition) is 6. The molecule has 0 unspecified atom stereocenters. The standard InChI is InChI=1S/C15H16ClN5O2/c1-11-8-12(21(22)23)9-13(16)15(11)20-6-4-19(5-7-20)14-10-17-2-3-18-14/h2-3,8-10H,4-7H2,1H3. The number of halogens is 1. The SMILES string of the molecule is Cc1cc([N+](=O)[O-])cc(Cl)c1N1CCN(c2cnccn2)CC1. The van der Waals surface area contributed by atoms with Crippen LogP contribution in [0.2, 0.25) is 5.02 Å². The van der Waals surface area contributed by atoms with E-state index in [-0.39, 0.29) is 5.69 Å². The number of hydrogen-bond donors (Lipinski definition) is 0. The Morgan fingerprint density at radius 1 is 1.17 bits per heavy atom. The lowest BCUT2D eigenvalue weighted by Gasteiger charge is -2.37. The van der Waals surface area contributed by atoms with E-state index in [4.69, 9.17) is 11.6 Å². The van der Waals surface area contributed by atoms with E-state index >= 15 is 0 Å². The molecule has 0 N–H and O–H groups in total. The van der Waals surface area contributed by atoms with Gasteiger partial charge in [0, 0.05) is 50.7 Å². The van der Waals surface area contributed by atoms with Crippen LogP contribution in [0.1, 0.15) is 5.56 Å². The van der Waals surface area contributed by atoms with Crippen molar-refractivity contribution in [1.82, 2.24) is 9.97 Å². The van der Waals surface area contributed by atoms with Crippen LogP contribution in [0.3, 0.4) is 0 Å². The van der Waals surface area contributed by atoms with Crippen LogP contribution in [0.15, 0.2) is 30.7 Å². The molecule has 0 radical (unpaired) electrons. The zero-order valence-electron chi connectivity index (χ0n) is 12.6. The van der Waals surface area contributed by atoms with Gasteiger partial charge in [0.2, 0.25) is 0 Å². The topological polar surface area (TPSA) is 75.4 Å². The number of nitro benzene ring substituents is 1. The second-order valence-corrected chi connectivity index (χ2v) is 5.80. The minimum absolute atomic E-state index is 0.0226. The van der Waals surface area contributed by atoms with Crippen molar-refractivity contribution >= 4 is 28.8 Å². The van der Waals surface area contributed by atoms with Gasteiger partial charge in [0.25, 0.3) is 5.69 Å². The maximum atomic E-state index is 10.9.